The summed E-state index contributed by atoms with van der Waals surface area (Å²) in [5.41, 5.74) is 0.960. The van der Waals surface area contributed by atoms with Gasteiger partial charge >= 0.3 is 0 Å². The van der Waals surface area contributed by atoms with Crippen molar-refractivity contribution in [1.82, 2.24) is 10.2 Å². The summed E-state index contributed by atoms with van der Waals surface area (Å²) in [6, 6.07) is 0. The van der Waals surface area contributed by atoms with E-state index in [-0.39, 0.29) is 17.7 Å². The van der Waals surface area contributed by atoms with Crippen molar-refractivity contribution >= 4 is 11.8 Å². The Labute approximate surface area is 108 Å². The number of hydrogen-bond donors (Lipinski definition) is 1. The number of nitrogens with zero attached hydrogens (tertiary/aromatic N) is 1. The fourth-order valence-electron chi connectivity index (χ4n) is 1.89. The van der Waals surface area contributed by atoms with E-state index >= 15 is 0 Å². The summed E-state index contributed by atoms with van der Waals surface area (Å²) < 4.78 is 5.28. The van der Waals surface area contributed by atoms with Gasteiger partial charge in [0.15, 0.2) is 0 Å². The maximum Gasteiger partial charge on any atom is 0.225 e. The minimum absolute atomic E-state index is 0.0572. The van der Waals surface area contributed by atoms with Crippen LogP contribution in [0.25, 0.3) is 0 Å². The van der Waals surface area contributed by atoms with Crippen molar-refractivity contribution in [3.63, 3.8) is 0 Å². The molecule has 0 radical (unpaired) electrons. The minimum atomic E-state index is -0.210. The van der Waals surface area contributed by atoms with Crippen LogP contribution in [0.15, 0.2) is 12.2 Å². The molecule has 1 aliphatic rings. The van der Waals surface area contributed by atoms with Crippen LogP contribution in [-0.2, 0) is 14.3 Å². The molecular weight excluding hydrogens is 232 g/mol. The van der Waals surface area contributed by atoms with Crippen LogP contribution in [-0.4, -0.2) is 49.6 Å². The molecule has 1 N–H and O–H groups in total. The normalized spacial score (nSPS) is 19.1. The summed E-state index contributed by atoms with van der Waals surface area (Å²) in [7, 11) is 0. The predicted molar refractivity (Wildman–Crippen MR) is 69.0 cm³/mol. The molecule has 0 aromatic rings. The van der Waals surface area contributed by atoms with Crippen LogP contribution in [0.3, 0.4) is 0 Å². The van der Waals surface area contributed by atoms with Crippen LogP contribution in [0.2, 0.25) is 0 Å². The summed E-state index contributed by atoms with van der Waals surface area (Å²) in [5, 5.41) is 2.79. The average Bonchev–Trinajstić information content (AvgIpc) is 2.69. The number of ether oxygens (including phenoxy) is 1. The highest BCUT2D eigenvalue weighted by Crippen LogP contribution is 2.17. The molecule has 18 heavy (non-hydrogen) atoms. The van der Waals surface area contributed by atoms with Crippen LogP contribution < -0.4 is 5.32 Å². The zero-order chi connectivity index (χ0) is 13.5. The van der Waals surface area contributed by atoms with Crippen LogP contribution in [0.4, 0.5) is 0 Å². The number of hydrogen-bond acceptors (Lipinski definition) is 3. The Morgan fingerprint density at radius 3 is 2.89 bits per heavy atom. The zero-order valence-electron chi connectivity index (χ0n) is 11.2. The molecule has 1 atom stereocenters. The molecule has 0 spiro atoms. The highest BCUT2D eigenvalue weighted by atomic mass is 16.5. The second kappa shape index (κ2) is 7.16. The van der Waals surface area contributed by atoms with Gasteiger partial charge < -0.3 is 15.0 Å². The quantitative estimate of drug-likeness (QED) is 0.533. The second-order valence-corrected chi connectivity index (χ2v) is 4.63. The van der Waals surface area contributed by atoms with E-state index in [1.54, 1.807) is 4.90 Å². The first-order chi connectivity index (χ1) is 8.54. The fraction of sp³-hybridized carbons (Fsp3) is 0.692. The Morgan fingerprint density at radius 2 is 2.33 bits per heavy atom. The molecule has 0 aromatic carbocycles. The number of nitrogens with one attached hydrogen (secondary N) is 1. The molecule has 0 saturated carbocycles. The van der Waals surface area contributed by atoms with E-state index in [1.165, 1.54) is 0 Å². The third-order valence-electron chi connectivity index (χ3n) is 2.86. The Balaban J connectivity index is 2.18. The van der Waals surface area contributed by atoms with Crippen LogP contribution in [0, 0.1) is 5.92 Å². The summed E-state index contributed by atoms with van der Waals surface area (Å²) in [6.45, 7) is 10.2. The van der Waals surface area contributed by atoms with Crippen molar-refractivity contribution in [3.8, 4) is 0 Å². The van der Waals surface area contributed by atoms with Crippen molar-refractivity contribution in [2.45, 2.75) is 20.3 Å². The Kier molecular flexibility index (Phi) is 5.85. The summed E-state index contributed by atoms with van der Waals surface area (Å²) >= 11 is 0. The number of carbonyl (C=O) groups excluding carboxylic acids is 2. The Hall–Kier alpha value is -1.36. The van der Waals surface area contributed by atoms with Crippen molar-refractivity contribution in [1.29, 1.82) is 0 Å². The predicted octanol–water partition coefficient (Wildman–Crippen LogP) is 0.564. The number of carbonyl (C=O) groups is 2. The van der Waals surface area contributed by atoms with Gasteiger partial charge in [-0.25, -0.2) is 0 Å². The van der Waals surface area contributed by atoms with Gasteiger partial charge in [0.1, 0.15) is 0 Å². The molecule has 0 aliphatic carbocycles. The smallest absolute Gasteiger partial charge is 0.225 e. The van der Waals surface area contributed by atoms with Crippen molar-refractivity contribution in [2.75, 3.05) is 32.8 Å². The van der Waals surface area contributed by atoms with E-state index in [0.717, 1.165) is 5.57 Å². The zero-order valence-corrected chi connectivity index (χ0v) is 11.2. The van der Waals surface area contributed by atoms with Crippen molar-refractivity contribution in [3.05, 3.63) is 12.2 Å². The lowest BCUT2D eigenvalue weighted by Crippen LogP contribution is -2.34. The van der Waals surface area contributed by atoms with Gasteiger partial charge in [-0.05, 0) is 13.8 Å². The van der Waals surface area contributed by atoms with Crippen LogP contribution >= 0.6 is 0 Å². The first-order valence-corrected chi connectivity index (χ1v) is 6.32. The third-order valence-corrected chi connectivity index (χ3v) is 2.86. The first kappa shape index (κ1) is 14.7. The standard InChI is InChI=1S/C13H22N2O3/c1-4-15-8-11(7-12(15)16)13(17)14-5-6-18-9-10(2)3/h11H,2,4-9H2,1,3H3,(H,14,17). The maximum absolute atomic E-state index is 11.8. The highest BCUT2D eigenvalue weighted by Gasteiger charge is 2.32. The van der Waals surface area contributed by atoms with E-state index in [2.05, 4.69) is 11.9 Å². The number of amides is 2. The second-order valence-electron chi connectivity index (χ2n) is 4.63. The molecule has 1 rings (SSSR count). The van der Waals surface area contributed by atoms with Crippen molar-refractivity contribution in [2.24, 2.45) is 5.92 Å². The lowest BCUT2D eigenvalue weighted by molar-refractivity contribution is -0.128. The molecule has 1 unspecified atom stereocenters. The molecule has 1 heterocycles. The van der Waals surface area contributed by atoms with Gasteiger partial charge in [0.05, 0.1) is 19.1 Å². The molecule has 102 valence electrons. The molecule has 1 fully saturated rings. The molecule has 1 aliphatic heterocycles. The van der Waals surface area contributed by atoms with Crippen LogP contribution in [0.1, 0.15) is 20.3 Å². The van der Waals surface area contributed by atoms with E-state index in [0.29, 0.717) is 39.3 Å². The number of rotatable bonds is 7. The SMILES string of the molecule is C=C(C)COCCNC(=O)C1CC(=O)N(CC)C1. The van der Waals surface area contributed by atoms with Gasteiger partial charge in [0.2, 0.25) is 11.8 Å². The summed E-state index contributed by atoms with van der Waals surface area (Å²) in [6.07, 6.45) is 0.326. The summed E-state index contributed by atoms with van der Waals surface area (Å²) in [4.78, 5) is 25.0. The molecule has 5 nitrogen and oxygen atoms in total. The molecule has 5 heteroatoms. The molecule has 0 aromatic heterocycles. The van der Waals surface area contributed by atoms with Gasteiger partial charge in [-0.3, -0.25) is 9.59 Å². The number of likely N-dealkylation sites (tertiary alicyclic amines) is 1. The Morgan fingerprint density at radius 1 is 1.61 bits per heavy atom. The fourth-order valence-corrected chi connectivity index (χ4v) is 1.89. The van der Waals surface area contributed by atoms with Crippen LogP contribution in [0.5, 0.6) is 0 Å². The molecule has 0 bridgehead atoms. The maximum atomic E-state index is 11.8. The largest absolute Gasteiger partial charge is 0.375 e. The minimum Gasteiger partial charge on any atom is -0.375 e. The van der Waals surface area contributed by atoms with Gasteiger partial charge in [0, 0.05) is 26.1 Å². The highest BCUT2D eigenvalue weighted by molar-refractivity contribution is 5.89. The Bertz CT molecular complexity index is 328. The summed E-state index contributed by atoms with van der Waals surface area (Å²) in [5.74, 6) is -0.201. The van der Waals surface area contributed by atoms with E-state index in [9.17, 15) is 9.59 Å². The van der Waals surface area contributed by atoms with E-state index < -0.39 is 0 Å². The van der Waals surface area contributed by atoms with Gasteiger partial charge in [-0.15, -0.1) is 0 Å². The first-order valence-electron chi connectivity index (χ1n) is 6.32. The third kappa shape index (κ3) is 4.49. The average molecular weight is 254 g/mol. The molecular formula is C13H22N2O3. The monoisotopic (exact) mass is 254 g/mol. The van der Waals surface area contributed by atoms with E-state index in [1.807, 2.05) is 13.8 Å². The van der Waals surface area contributed by atoms with Crippen molar-refractivity contribution < 1.29 is 14.3 Å². The lowest BCUT2D eigenvalue weighted by Gasteiger charge is -2.13. The lowest BCUT2D eigenvalue weighted by atomic mass is 10.1. The topological polar surface area (TPSA) is 58.6 Å². The van der Waals surface area contributed by atoms with Gasteiger partial charge in [-0.1, -0.05) is 12.2 Å². The van der Waals surface area contributed by atoms with Gasteiger partial charge in [-0.2, -0.15) is 0 Å². The van der Waals surface area contributed by atoms with E-state index in [4.69, 9.17) is 4.74 Å². The molecule has 2 amide bonds. The van der Waals surface area contributed by atoms with Gasteiger partial charge in [0.25, 0.3) is 0 Å². The molecule has 1 saturated heterocycles.